The predicted octanol–water partition coefficient (Wildman–Crippen LogP) is 4.94. The maximum atomic E-state index is 15.5. The molecule has 4 aliphatic carbocycles. The van der Waals surface area contributed by atoms with Crippen LogP contribution in [0.4, 0.5) is 13.2 Å². The quantitative estimate of drug-likeness (QED) is 0.163. The second kappa shape index (κ2) is 36.9. The molecule has 3 N–H and O–H groups in total. The van der Waals surface area contributed by atoms with E-state index in [1.54, 1.807) is 19.9 Å². The van der Waals surface area contributed by atoms with Crippen molar-refractivity contribution in [1.82, 2.24) is 60.0 Å². The van der Waals surface area contributed by atoms with Crippen LogP contribution in [0.25, 0.3) is 0 Å². The highest BCUT2D eigenvalue weighted by Crippen LogP contribution is 2.40. The molecule has 2 unspecified atom stereocenters. The lowest BCUT2D eigenvalue weighted by atomic mass is 9.74. The van der Waals surface area contributed by atoms with E-state index in [0.29, 0.717) is 44.9 Å². The molecule has 25 nitrogen and oxygen atoms in total. The van der Waals surface area contributed by atoms with E-state index in [4.69, 9.17) is 16.3 Å². The normalized spacial score (nSPS) is 32.8. The van der Waals surface area contributed by atoms with Crippen LogP contribution in [0.3, 0.4) is 0 Å². The van der Waals surface area contributed by atoms with E-state index in [0.717, 1.165) is 22.6 Å². The Labute approximate surface area is 606 Å². The Kier molecular flexibility index (Phi) is 29.9. The smallest absolute Gasteiger partial charge is 0.248 e. The Morgan fingerprint density at radius 3 is 1.89 bits per heavy atom. The van der Waals surface area contributed by atoms with Crippen LogP contribution in [-0.4, -0.2) is 288 Å². The first-order valence-electron chi connectivity index (χ1n) is 37.3. The number of halogens is 4. The highest BCUT2D eigenvalue weighted by Gasteiger charge is 2.54. The first-order valence-corrected chi connectivity index (χ1v) is 37.7. The number of rotatable bonds is 13. The van der Waals surface area contributed by atoms with Crippen molar-refractivity contribution in [1.29, 1.82) is 0 Å². The molecule has 0 aromatic rings. The molecule has 7 aliphatic rings. The van der Waals surface area contributed by atoms with Gasteiger partial charge >= 0.3 is 0 Å². The average Bonchev–Trinajstić information content (AvgIpc) is 1.20. The summed E-state index contributed by atoms with van der Waals surface area (Å²) in [6.45, 7) is 7.85. The number of amides is 12. The van der Waals surface area contributed by atoms with Crippen molar-refractivity contribution >= 4 is 82.5 Å². The number of hydrogen-bond acceptors (Lipinski definition) is 13. The zero-order valence-electron chi connectivity index (χ0n) is 62.5. The van der Waals surface area contributed by atoms with Crippen molar-refractivity contribution in [3.8, 4) is 0 Å². The lowest BCUT2D eigenvalue weighted by Crippen LogP contribution is -2.68. The van der Waals surface area contributed by atoms with Crippen LogP contribution < -0.4 is 16.0 Å². The molecule has 2 saturated heterocycles. The molecule has 0 aromatic carbocycles. The predicted molar refractivity (Wildman–Crippen MR) is 377 cm³/mol. The minimum Gasteiger partial charge on any atom is -0.377 e. The summed E-state index contributed by atoms with van der Waals surface area (Å²) in [7, 11) is 11.4. The molecule has 102 heavy (non-hydrogen) atoms. The summed E-state index contributed by atoms with van der Waals surface area (Å²) < 4.78 is 51.4. The topological polar surface area (TPSA) is 279 Å². The van der Waals surface area contributed by atoms with E-state index >= 15 is 37.5 Å². The van der Waals surface area contributed by atoms with Crippen molar-refractivity contribution in [2.24, 2.45) is 29.6 Å². The lowest BCUT2D eigenvalue weighted by molar-refractivity contribution is -0.158. The van der Waals surface area contributed by atoms with Crippen molar-refractivity contribution < 1.29 is 75.4 Å². The van der Waals surface area contributed by atoms with Crippen LogP contribution in [0.5, 0.6) is 0 Å². The summed E-state index contributed by atoms with van der Waals surface area (Å²) >= 11 is 6.10. The SMILES string of the molecule is CCO[C@@H]1C[C@H]2C(=O)NC3(CCC3)C(=O)N(C)[C@@H](C3CCCC3)C(=O)N(C)[C@H](C(=O)N(C)C)CC(=O)N(C)[C@@H](CC(C)C)C(=O)N[C@@H]([C@@H](C)CC)C(=O)N(C)CC(=O)N(C)[C@H]3C/C=C\CCN(C3=O)[C@@H](CC3CCC(F)CC3)C(=O)N(C)CC(=O)N[C@@H](CCC3CC(F)C(Cl)C(F)C3)C(=O)N2C1. The fraction of sp³-hybridized carbons (Fsp3) is 0.808. The third kappa shape index (κ3) is 20.1. The molecular formula is C73H116ClF3N12O13. The fourth-order valence-corrected chi connectivity index (χ4v) is 16.4. The molecule has 574 valence electrons. The van der Waals surface area contributed by atoms with Gasteiger partial charge in [-0.1, -0.05) is 59.1 Å². The third-order valence-electron chi connectivity index (χ3n) is 22.9. The van der Waals surface area contributed by atoms with Gasteiger partial charge in [-0.3, -0.25) is 57.5 Å². The molecule has 0 radical (unpaired) electrons. The number of alkyl halides is 4. The molecule has 12 amide bonds. The van der Waals surface area contributed by atoms with Gasteiger partial charge < -0.3 is 64.8 Å². The number of ether oxygens (including phenoxy) is 1. The number of hydrogen-bond donors (Lipinski definition) is 3. The Hall–Kier alpha value is -6.58. The Morgan fingerprint density at radius 2 is 1.30 bits per heavy atom. The highest BCUT2D eigenvalue weighted by atomic mass is 35.5. The van der Waals surface area contributed by atoms with Crippen LogP contribution in [0.15, 0.2) is 12.2 Å². The van der Waals surface area contributed by atoms with E-state index in [1.165, 1.54) is 90.7 Å². The molecular weight excluding hydrogens is 1350 g/mol. The monoisotopic (exact) mass is 1460 g/mol. The Balaban J connectivity index is 1.31. The summed E-state index contributed by atoms with van der Waals surface area (Å²) in [6, 6.07) is -10.3. The zero-order valence-corrected chi connectivity index (χ0v) is 63.2. The highest BCUT2D eigenvalue weighted by molar-refractivity contribution is 6.21. The van der Waals surface area contributed by atoms with Gasteiger partial charge in [0.2, 0.25) is 70.9 Å². The second-order valence-electron chi connectivity index (χ2n) is 30.9. The standard InChI is InChI=1S/C73H116ClF3N12O13/c1-14-44(5)62-70(99)83(9)42-60(92)84(10)53-24-17-16-20-33-88(69(53)98)57(37-45-25-28-48(75)29-26-45)68(97)82(8)41-58(90)78-52(30-27-46-35-50(76)61(74)51(77)36-46)66(95)89-40-49(102-15-2)38-55(89)65(94)80-73(31-21-32-73)72(101)87(13)63(47-22-18-19-23-47)71(100)86(12)56(67(96)81(6)7)39-59(91)85(11)54(34-43(3)4)64(93)79-62/h16-17,43-57,61-63H,14-15,18-42H2,1-13H3,(H,78,90)(H,79,93)(H,80,94)/b17-16-/t44-,45?,46?,48?,49+,50?,51?,52-,53-,54-,55-,56-,57-,61?,62-,63-/m0/s1. The van der Waals surface area contributed by atoms with Crippen LogP contribution in [0.2, 0.25) is 0 Å². The fourth-order valence-electron chi connectivity index (χ4n) is 16.2. The second-order valence-corrected chi connectivity index (χ2v) is 31.4. The van der Waals surface area contributed by atoms with Gasteiger partial charge in [-0.2, -0.15) is 0 Å². The number of carbonyl (C=O) groups excluding carboxylic acids is 12. The molecule has 29 heteroatoms. The van der Waals surface area contributed by atoms with Crippen LogP contribution >= 0.6 is 11.6 Å². The van der Waals surface area contributed by atoms with Crippen LogP contribution in [0, 0.1) is 29.6 Å². The van der Waals surface area contributed by atoms with E-state index in [-0.39, 0.29) is 109 Å². The number of carbonyl (C=O) groups is 12. The van der Waals surface area contributed by atoms with Gasteiger partial charge in [0.05, 0.1) is 31.0 Å². The Morgan fingerprint density at radius 1 is 0.667 bits per heavy atom. The van der Waals surface area contributed by atoms with Gasteiger partial charge in [-0.05, 0) is 146 Å². The minimum atomic E-state index is -1.70. The first kappa shape index (κ1) is 82.7. The lowest BCUT2D eigenvalue weighted by Gasteiger charge is -2.46. The number of nitrogens with zero attached hydrogens (tertiary/aromatic N) is 9. The molecule has 6 fully saturated rings. The van der Waals surface area contributed by atoms with Gasteiger partial charge in [-0.25, -0.2) is 13.2 Å². The average molecular weight is 1460 g/mol. The van der Waals surface area contributed by atoms with E-state index in [9.17, 15) is 33.2 Å². The van der Waals surface area contributed by atoms with Gasteiger partial charge in [0.25, 0.3) is 0 Å². The Bertz CT molecular complexity index is 3010. The molecule has 3 heterocycles. The third-order valence-corrected chi connectivity index (χ3v) is 23.5. The molecule has 1 spiro atoms. The summed E-state index contributed by atoms with van der Waals surface area (Å²) in [5, 5.41) is 7.35. The maximum Gasteiger partial charge on any atom is 0.248 e. The van der Waals surface area contributed by atoms with Crippen molar-refractivity contribution in [2.75, 3.05) is 89.2 Å². The first-order chi connectivity index (χ1) is 48.1. The molecule has 2 bridgehead atoms. The zero-order chi connectivity index (χ0) is 75.4. The molecule has 3 aliphatic heterocycles. The van der Waals surface area contributed by atoms with Gasteiger partial charge in [0.1, 0.15) is 72.4 Å². The summed E-state index contributed by atoms with van der Waals surface area (Å²) in [6.07, 6.45) is 2.85. The molecule has 12 atom stereocenters. The summed E-state index contributed by atoms with van der Waals surface area (Å²) in [4.78, 5) is 192. The minimum absolute atomic E-state index is 0.00347. The van der Waals surface area contributed by atoms with Gasteiger partial charge in [0, 0.05) is 82.5 Å². The van der Waals surface area contributed by atoms with Crippen molar-refractivity contribution in [3.63, 3.8) is 0 Å². The van der Waals surface area contributed by atoms with E-state index < -0.39 is 192 Å². The van der Waals surface area contributed by atoms with Crippen molar-refractivity contribution in [3.05, 3.63) is 12.2 Å². The molecule has 4 saturated carbocycles. The number of fused-ring (bicyclic) bond motifs is 3. The number of likely N-dealkylation sites (N-methyl/N-ethyl adjacent to an activating group) is 7. The van der Waals surface area contributed by atoms with E-state index in [1.807, 2.05) is 26.8 Å². The van der Waals surface area contributed by atoms with Crippen molar-refractivity contribution in [2.45, 2.75) is 260 Å². The number of nitrogens with one attached hydrogen (secondary N) is 3. The van der Waals surface area contributed by atoms with Gasteiger partial charge in [-0.15, -0.1) is 11.6 Å². The van der Waals surface area contributed by atoms with Gasteiger partial charge in [0.15, 0.2) is 0 Å². The largest absolute Gasteiger partial charge is 0.377 e. The molecule has 0 aromatic heterocycles. The molecule has 7 rings (SSSR count). The summed E-state index contributed by atoms with van der Waals surface area (Å²) in [5.41, 5.74) is -1.58. The van der Waals surface area contributed by atoms with E-state index in [2.05, 4.69) is 16.0 Å². The van der Waals surface area contributed by atoms with Crippen LogP contribution in [0.1, 0.15) is 176 Å². The maximum absolute atomic E-state index is 15.5. The van der Waals surface area contributed by atoms with Crippen LogP contribution in [-0.2, 0) is 62.3 Å². The summed E-state index contributed by atoms with van der Waals surface area (Å²) in [5.74, 6) is -10.1.